The van der Waals surface area contributed by atoms with E-state index in [4.69, 9.17) is 0 Å². The van der Waals surface area contributed by atoms with Crippen LogP contribution in [-0.4, -0.2) is 10.7 Å². The number of fused-ring (bicyclic) bond motifs is 1. The zero-order valence-corrected chi connectivity index (χ0v) is 12.1. The van der Waals surface area contributed by atoms with Crippen LogP contribution < -0.4 is 0 Å². The van der Waals surface area contributed by atoms with Gasteiger partial charge in [-0.3, -0.25) is 0 Å². The molecule has 0 aromatic heterocycles. The SMILES string of the molecule is CCC1(O)CC2=CCC(C)C(C)(C)C2CC1C. The second-order valence-corrected chi connectivity index (χ2v) is 7.06. The molecule has 2 aliphatic rings. The van der Waals surface area contributed by atoms with Gasteiger partial charge in [0.2, 0.25) is 0 Å². The Morgan fingerprint density at radius 3 is 2.53 bits per heavy atom. The van der Waals surface area contributed by atoms with Gasteiger partial charge in [-0.2, -0.15) is 0 Å². The Labute approximate surface area is 106 Å². The average Bonchev–Trinajstić information content (AvgIpc) is 2.27. The van der Waals surface area contributed by atoms with Gasteiger partial charge in [-0.25, -0.2) is 0 Å². The molecule has 1 heteroatoms. The molecule has 0 aliphatic heterocycles. The highest BCUT2D eigenvalue weighted by atomic mass is 16.3. The lowest BCUT2D eigenvalue weighted by molar-refractivity contribution is -0.0587. The molecule has 4 unspecified atom stereocenters. The van der Waals surface area contributed by atoms with Crippen molar-refractivity contribution in [2.75, 3.05) is 0 Å². The van der Waals surface area contributed by atoms with Gasteiger partial charge in [0.05, 0.1) is 5.60 Å². The summed E-state index contributed by atoms with van der Waals surface area (Å²) in [6, 6.07) is 0. The summed E-state index contributed by atoms with van der Waals surface area (Å²) in [6.45, 7) is 11.6. The summed E-state index contributed by atoms with van der Waals surface area (Å²) in [4.78, 5) is 0. The van der Waals surface area contributed by atoms with Gasteiger partial charge in [0.15, 0.2) is 0 Å². The quantitative estimate of drug-likeness (QED) is 0.678. The number of hydrogen-bond donors (Lipinski definition) is 1. The molecule has 0 spiro atoms. The van der Waals surface area contributed by atoms with Crippen LogP contribution in [0.2, 0.25) is 0 Å². The van der Waals surface area contributed by atoms with Crippen molar-refractivity contribution in [1.82, 2.24) is 0 Å². The van der Waals surface area contributed by atoms with E-state index in [1.165, 1.54) is 12.0 Å². The molecular formula is C16H28O. The fraction of sp³-hybridized carbons (Fsp3) is 0.875. The number of allylic oxidation sites excluding steroid dienone is 1. The van der Waals surface area contributed by atoms with Gasteiger partial charge in [0, 0.05) is 0 Å². The maximum atomic E-state index is 10.7. The summed E-state index contributed by atoms with van der Waals surface area (Å²) in [7, 11) is 0. The highest BCUT2D eigenvalue weighted by molar-refractivity contribution is 5.22. The monoisotopic (exact) mass is 236 g/mol. The zero-order chi connectivity index (χ0) is 12.8. The molecule has 0 aromatic rings. The Hall–Kier alpha value is -0.300. The molecule has 1 nitrogen and oxygen atoms in total. The van der Waals surface area contributed by atoms with E-state index < -0.39 is 5.60 Å². The van der Waals surface area contributed by atoms with E-state index in [9.17, 15) is 5.11 Å². The van der Waals surface area contributed by atoms with E-state index in [1.54, 1.807) is 0 Å². The Kier molecular flexibility index (Phi) is 3.18. The van der Waals surface area contributed by atoms with E-state index in [-0.39, 0.29) is 0 Å². The fourth-order valence-electron chi connectivity index (χ4n) is 3.82. The number of rotatable bonds is 1. The molecule has 0 heterocycles. The molecule has 1 N–H and O–H groups in total. The van der Waals surface area contributed by atoms with E-state index >= 15 is 0 Å². The highest BCUT2D eigenvalue weighted by Gasteiger charge is 2.48. The average molecular weight is 236 g/mol. The predicted octanol–water partition coefficient (Wildman–Crippen LogP) is 4.17. The van der Waals surface area contributed by atoms with E-state index in [2.05, 4.69) is 40.7 Å². The summed E-state index contributed by atoms with van der Waals surface area (Å²) < 4.78 is 0. The van der Waals surface area contributed by atoms with E-state index in [0.717, 1.165) is 25.2 Å². The lowest BCUT2D eigenvalue weighted by Crippen LogP contribution is -2.48. The first-order valence-corrected chi connectivity index (χ1v) is 7.22. The van der Waals surface area contributed by atoms with Crippen molar-refractivity contribution in [1.29, 1.82) is 0 Å². The smallest absolute Gasteiger partial charge is 0.0707 e. The van der Waals surface area contributed by atoms with Crippen LogP contribution in [0.15, 0.2) is 11.6 Å². The second kappa shape index (κ2) is 4.12. The minimum Gasteiger partial charge on any atom is -0.389 e. The van der Waals surface area contributed by atoms with Crippen LogP contribution in [0.1, 0.15) is 60.3 Å². The normalized spacial score (nSPS) is 45.1. The van der Waals surface area contributed by atoms with Crippen molar-refractivity contribution in [3.8, 4) is 0 Å². The zero-order valence-electron chi connectivity index (χ0n) is 12.1. The van der Waals surface area contributed by atoms with Crippen LogP contribution in [0.3, 0.4) is 0 Å². The summed E-state index contributed by atoms with van der Waals surface area (Å²) in [5.41, 5.74) is 1.49. The van der Waals surface area contributed by atoms with Gasteiger partial charge in [-0.05, 0) is 48.9 Å². The summed E-state index contributed by atoms with van der Waals surface area (Å²) >= 11 is 0. The van der Waals surface area contributed by atoms with Crippen molar-refractivity contribution in [2.45, 2.75) is 65.9 Å². The predicted molar refractivity (Wildman–Crippen MR) is 72.8 cm³/mol. The number of aliphatic hydroxyl groups is 1. The van der Waals surface area contributed by atoms with E-state index in [1.807, 2.05) is 0 Å². The summed E-state index contributed by atoms with van der Waals surface area (Å²) in [5.74, 6) is 1.88. The first-order valence-electron chi connectivity index (χ1n) is 7.22. The van der Waals surface area contributed by atoms with Crippen LogP contribution in [0.25, 0.3) is 0 Å². The van der Waals surface area contributed by atoms with Gasteiger partial charge in [-0.15, -0.1) is 0 Å². The highest BCUT2D eigenvalue weighted by Crippen LogP contribution is 2.54. The molecule has 0 radical (unpaired) electrons. The largest absolute Gasteiger partial charge is 0.389 e. The van der Waals surface area contributed by atoms with Crippen LogP contribution in [0.5, 0.6) is 0 Å². The molecule has 4 atom stereocenters. The molecule has 2 aliphatic carbocycles. The maximum absolute atomic E-state index is 10.7. The Morgan fingerprint density at radius 2 is 1.94 bits per heavy atom. The lowest BCUT2D eigenvalue weighted by atomic mass is 9.55. The van der Waals surface area contributed by atoms with Crippen molar-refractivity contribution < 1.29 is 5.11 Å². The van der Waals surface area contributed by atoms with Crippen LogP contribution in [-0.2, 0) is 0 Å². The molecule has 0 aromatic carbocycles. The van der Waals surface area contributed by atoms with Crippen molar-refractivity contribution in [3.05, 3.63) is 11.6 Å². The standard InChI is InChI=1S/C16H28O/c1-6-16(17)10-13-8-7-11(2)15(4,5)14(13)9-12(16)3/h8,11-12,14,17H,6-7,9-10H2,1-5H3. The first kappa shape index (κ1) is 13.1. The van der Waals surface area contributed by atoms with Crippen LogP contribution in [0, 0.1) is 23.2 Å². The lowest BCUT2D eigenvalue weighted by Gasteiger charge is -2.52. The summed E-state index contributed by atoms with van der Waals surface area (Å²) in [6.07, 6.45) is 6.56. The third-order valence-corrected chi connectivity index (χ3v) is 5.98. The van der Waals surface area contributed by atoms with Crippen molar-refractivity contribution >= 4 is 0 Å². The molecular weight excluding hydrogens is 208 g/mol. The van der Waals surface area contributed by atoms with Crippen molar-refractivity contribution in [2.24, 2.45) is 23.2 Å². The topological polar surface area (TPSA) is 20.2 Å². The third-order valence-electron chi connectivity index (χ3n) is 5.98. The van der Waals surface area contributed by atoms with Gasteiger partial charge in [-0.1, -0.05) is 46.3 Å². The Balaban J connectivity index is 2.30. The minimum absolute atomic E-state index is 0.396. The molecule has 1 fully saturated rings. The fourth-order valence-corrected chi connectivity index (χ4v) is 3.82. The number of hydrogen-bond acceptors (Lipinski definition) is 1. The van der Waals surface area contributed by atoms with Crippen LogP contribution in [0.4, 0.5) is 0 Å². The van der Waals surface area contributed by atoms with Gasteiger partial charge in [0.1, 0.15) is 0 Å². The molecule has 0 amide bonds. The Morgan fingerprint density at radius 1 is 1.29 bits per heavy atom. The van der Waals surface area contributed by atoms with E-state index in [0.29, 0.717) is 17.3 Å². The molecule has 17 heavy (non-hydrogen) atoms. The van der Waals surface area contributed by atoms with Crippen LogP contribution >= 0.6 is 0 Å². The first-order chi connectivity index (χ1) is 7.81. The van der Waals surface area contributed by atoms with Gasteiger partial charge < -0.3 is 5.11 Å². The molecule has 1 saturated carbocycles. The second-order valence-electron chi connectivity index (χ2n) is 7.06. The minimum atomic E-state index is -0.445. The third kappa shape index (κ3) is 1.97. The molecule has 2 rings (SSSR count). The van der Waals surface area contributed by atoms with Crippen molar-refractivity contribution in [3.63, 3.8) is 0 Å². The molecule has 0 bridgehead atoms. The van der Waals surface area contributed by atoms with Gasteiger partial charge in [0.25, 0.3) is 0 Å². The maximum Gasteiger partial charge on any atom is 0.0707 e. The summed E-state index contributed by atoms with van der Waals surface area (Å²) in [5, 5.41) is 10.7. The molecule has 0 saturated heterocycles. The molecule has 98 valence electrons. The van der Waals surface area contributed by atoms with Gasteiger partial charge >= 0.3 is 0 Å². The Bertz CT molecular complexity index is 328.